The predicted octanol–water partition coefficient (Wildman–Crippen LogP) is 3.40. The number of nitrogens with zero attached hydrogens (tertiary/aromatic N) is 4. The second-order valence-corrected chi connectivity index (χ2v) is 5.74. The first-order valence-corrected chi connectivity index (χ1v) is 8.19. The summed E-state index contributed by atoms with van der Waals surface area (Å²) in [4.78, 5) is 12.6. The summed E-state index contributed by atoms with van der Waals surface area (Å²) in [6.07, 6.45) is 0.330. The van der Waals surface area contributed by atoms with E-state index < -0.39 is 12.1 Å². The highest BCUT2D eigenvalue weighted by Gasteiger charge is 2.32. The molecule has 0 aliphatic rings. The third kappa shape index (κ3) is 5.00. The number of rotatable bonds is 5. The topological polar surface area (TPSA) is 90.4 Å². The molecule has 3 aromatic rings. The van der Waals surface area contributed by atoms with Crippen molar-refractivity contribution in [3.63, 3.8) is 0 Å². The van der Waals surface area contributed by atoms with E-state index in [9.17, 15) is 13.2 Å². The molecule has 0 amide bonds. The highest BCUT2D eigenvalue weighted by atomic mass is 19.4. The average molecular weight is 390 g/mol. The summed E-state index contributed by atoms with van der Waals surface area (Å²) in [5.41, 5.74) is 6.63. The fraction of sp³-hybridized carbons (Fsp3) is 0.167. The third-order valence-electron chi connectivity index (χ3n) is 3.69. The van der Waals surface area contributed by atoms with Gasteiger partial charge in [0.1, 0.15) is 11.6 Å². The quantitative estimate of drug-likeness (QED) is 0.515. The normalized spacial score (nSPS) is 12.1. The number of nitrogens with two attached hydrogens (primary N) is 1. The largest absolute Gasteiger partial charge is 0.573 e. The molecule has 0 radical (unpaired) electrons. The van der Waals surface area contributed by atoms with Crippen molar-refractivity contribution in [1.82, 2.24) is 14.5 Å². The van der Waals surface area contributed by atoms with Crippen LogP contribution in [0.3, 0.4) is 0 Å². The van der Waals surface area contributed by atoms with E-state index in [1.54, 1.807) is 24.7 Å². The van der Waals surface area contributed by atoms with Crippen LogP contribution in [-0.2, 0) is 6.54 Å². The molecule has 0 fully saturated rings. The number of benzene rings is 1. The van der Waals surface area contributed by atoms with Crippen LogP contribution in [0.5, 0.6) is 5.75 Å². The standard InChI is InChI=1S/C18H17F3N6O/c1-12-23-8-9-27(12)16-7-6-13(10-24-16)11-25-17(22)26-14-4-2-3-5-15(14)28-18(19,20)21/h2-10H,11H2,1H3,(H3,22,25,26). The Morgan fingerprint density at radius 2 is 2.00 bits per heavy atom. The van der Waals surface area contributed by atoms with Crippen LogP contribution in [-0.4, -0.2) is 26.9 Å². The second kappa shape index (κ2) is 7.99. The summed E-state index contributed by atoms with van der Waals surface area (Å²) in [7, 11) is 0. The fourth-order valence-corrected chi connectivity index (χ4v) is 2.41. The van der Waals surface area contributed by atoms with E-state index in [0.717, 1.165) is 11.4 Å². The SMILES string of the molecule is Cc1nccn1-c1ccc(CN=C(N)Nc2ccccc2OC(F)(F)F)cn1. The van der Waals surface area contributed by atoms with Crippen LogP contribution in [0.1, 0.15) is 11.4 Å². The van der Waals surface area contributed by atoms with E-state index in [-0.39, 0.29) is 18.2 Å². The number of imidazole rings is 1. The van der Waals surface area contributed by atoms with Gasteiger partial charge in [-0.05, 0) is 30.7 Å². The number of nitrogens with one attached hydrogen (secondary N) is 1. The Hall–Kier alpha value is -3.56. The van der Waals surface area contributed by atoms with Gasteiger partial charge < -0.3 is 15.8 Å². The number of anilines is 1. The van der Waals surface area contributed by atoms with Crippen molar-refractivity contribution in [2.24, 2.45) is 10.7 Å². The van der Waals surface area contributed by atoms with E-state index >= 15 is 0 Å². The number of aryl methyl sites for hydroxylation is 1. The van der Waals surface area contributed by atoms with Gasteiger partial charge in [0.05, 0.1) is 12.2 Å². The molecule has 1 aromatic carbocycles. The molecule has 0 saturated heterocycles. The molecule has 146 valence electrons. The number of aliphatic imine (C=N–C) groups is 1. The molecule has 10 heteroatoms. The van der Waals surface area contributed by atoms with Crippen molar-refractivity contribution in [3.05, 3.63) is 66.4 Å². The van der Waals surface area contributed by atoms with E-state index in [1.165, 1.54) is 18.2 Å². The zero-order chi connectivity index (χ0) is 20.1. The monoisotopic (exact) mass is 390 g/mol. The van der Waals surface area contributed by atoms with Crippen LogP contribution in [0.15, 0.2) is 60.0 Å². The number of para-hydroxylation sites is 2. The minimum absolute atomic E-state index is 0.0484. The van der Waals surface area contributed by atoms with Crippen molar-refractivity contribution >= 4 is 11.6 Å². The highest BCUT2D eigenvalue weighted by Crippen LogP contribution is 2.29. The first-order chi connectivity index (χ1) is 13.3. The molecule has 0 bridgehead atoms. The lowest BCUT2D eigenvalue weighted by Gasteiger charge is -2.14. The molecule has 7 nitrogen and oxygen atoms in total. The summed E-state index contributed by atoms with van der Waals surface area (Å²) < 4.78 is 43.2. The summed E-state index contributed by atoms with van der Waals surface area (Å²) in [5, 5.41) is 2.61. The first-order valence-electron chi connectivity index (χ1n) is 8.19. The fourth-order valence-electron chi connectivity index (χ4n) is 2.41. The van der Waals surface area contributed by atoms with Crippen LogP contribution < -0.4 is 15.8 Å². The van der Waals surface area contributed by atoms with E-state index in [2.05, 4.69) is 25.0 Å². The van der Waals surface area contributed by atoms with Gasteiger partial charge in [-0.25, -0.2) is 15.0 Å². The van der Waals surface area contributed by atoms with Gasteiger partial charge in [-0.1, -0.05) is 18.2 Å². The molecular weight excluding hydrogens is 373 g/mol. The Kier molecular flexibility index (Phi) is 5.48. The molecule has 0 aliphatic carbocycles. The summed E-state index contributed by atoms with van der Waals surface area (Å²) >= 11 is 0. The maximum Gasteiger partial charge on any atom is 0.573 e. The Morgan fingerprint density at radius 3 is 2.64 bits per heavy atom. The zero-order valence-electron chi connectivity index (χ0n) is 14.8. The molecule has 0 atom stereocenters. The lowest BCUT2D eigenvalue weighted by molar-refractivity contribution is -0.274. The van der Waals surface area contributed by atoms with Crippen molar-refractivity contribution in [2.45, 2.75) is 19.8 Å². The molecule has 2 aromatic heterocycles. The zero-order valence-corrected chi connectivity index (χ0v) is 14.8. The summed E-state index contributed by atoms with van der Waals surface area (Å²) in [6.45, 7) is 2.07. The Balaban J connectivity index is 1.66. The Morgan fingerprint density at radius 1 is 1.21 bits per heavy atom. The molecule has 0 saturated carbocycles. The van der Waals surface area contributed by atoms with Crippen molar-refractivity contribution in [1.29, 1.82) is 0 Å². The minimum atomic E-state index is -4.80. The molecule has 28 heavy (non-hydrogen) atoms. The molecule has 0 spiro atoms. The van der Waals surface area contributed by atoms with Gasteiger partial charge in [0.15, 0.2) is 11.7 Å². The highest BCUT2D eigenvalue weighted by molar-refractivity contribution is 5.93. The number of alkyl halides is 3. The number of hydrogen-bond donors (Lipinski definition) is 2. The number of guanidine groups is 1. The van der Waals surface area contributed by atoms with Crippen LogP contribution >= 0.6 is 0 Å². The van der Waals surface area contributed by atoms with Crippen LogP contribution in [0.25, 0.3) is 5.82 Å². The van der Waals surface area contributed by atoms with E-state index in [4.69, 9.17) is 5.73 Å². The minimum Gasteiger partial charge on any atom is -0.404 e. The van der Waals surface area contributed by atoms with Crippen molar-refractivity contribution in [2.75, 3.05) is 5.32 Å². The molecule has 3 rings (SSSR count). The van der Waals surface area contributed by atoms with E-state index in [1.807, 2.05) is 23.6 Å². The Bertz CT molecular complexity index is 966. The number of pyridine rings is 1. The van der Waals surface area contributed by atoms with Crippen LogP contribution in [0.2, 0.25) is 0 Å². The van der Waals surface area contributed by atoms with Gasteiger partial charge in [0.25, 0.3) is 0 Å². The summed E-state index contributed by atoms with van der Waals surface area (Å²) in [6, 6.07) is 9.22. The maximum absolute atomic E-state index is 12.5. The average Bonchev–Trinajstić information content (AvgIpc) is 3.07. The number of halogens is 3. The van der Waals surface area contributed by atoms with Gasteiger partial charge in [-0.15, -0.1) is 13.2 Å². The lowest BCUT2D eigenvalue weighted by atomic mass is 10.3. The molecule has 2 heterocycles. The molecule has 0 unspecified atom stereocenters. The number of aromatic nitrogens is 3. The van der Waals surface area contributed by atoms with Crippen LogP contribution in [0, 0.1) is 6.92 Å². The van der Waals surface area contributed by atoms with Crippen molar-refractivity contribution < 1.29 is 17.9 Å². The van der Waals surface area contributed by atoms with Gasteiger partial charge >= 0.3 is 6.36 Å². The van der Waals surface area contributed by atoms with Gasteiger partial charge in [0.2, 0.25) is 0 Å². The third-order valence-corrected chi connectivity index (χ3v) is 3.69. The van der Waals surface area contributed by atoms with Gasteiger partial charge in [-0.3, -0.25) is 4.57 Å². The van der Waals surface area contributed by atoms with Crippen LogP contribution in [0.4, 0.5) is 18.9 Å². The molecule has 0 aliphatic heterocycles. The number of hydrogen-bond acceptors (Lipinski definition) is 4. The number of ether oxygens (including phenoxy) is 1. The predicted molar refractivity (Wildman–Crippen MR) is 98.2 cm³/mol. The maximum atomic E-state index is 12.5. The summed E-state index contributed by atoms with van der Waals surface area (Å²) in [5.74, 6) is 1.08. The van der Waals surface area contributed by atoms with Gasteiger partial charge in [-0.2, -0.15) is 0 Å². The van der Waals surface area contributed by atoms with E-state index in [0.29, 0.717) is 5.82 Å². The first kappa shape index (κ1) is 19.2. The second-order valence-electron chi connectivity index (χ2n) is 5.74. The lowest BCUT2D eigenvalue weighted by Crippen LogP contribution is -2.24. The smallest absolute Gasteiger partial charge is 0.404 e. The van der Waals surface area contributed by atoms with Gasteiger partial charge in [0, 0.05) is 18.6 Å². The van der Waals surface area contributed by atoms with Crippen molar-refractivity contribution in [3.8, 4) is 11.6 Å². The molecule has 3 N–H and O–H groups in total. The molecular formula is C18H17F3N6O. The Labute approximate surface area is 158 Å².